The average molecular weight is 253 g/mol. The zero-order chi connectivity index (χ0) is 13.7. The number of aldehydes is 1. The molecule has 1 aromatic carbocycles. The van der Waals surface area contributed by atoms with E-state index in [2.05, 4.69) is 4.74 Å². The van der Waals surface area contributed by atoms with Crippen molar-refractivity contribution in [1.82, 2.24) is 0 Å². The van der Waals surface area contributed by atoms with Crippen molar-refractivity contribution in [3.05, 3.63) is 34.4 Å². The van der Waals surface area contributed by atoms with Crippen molar-refractivity contribution in [3.63, 3.8) is 0 Å². The maximum atomic E-state index is 12.6. The summed E-state index contributed by atoms with van der Waals surface area (Å²) < 4.78 is 29.8. The quantitative estimate of drug-likeness (QED) is 0.610. The van der Waals surface area contributed by atoms with Crippen molar-refractivity contribution >= 4 is 12.3 Å². The summed E-state index contributed by atoms with van der Waals surface area (Å²) in [5.74, 6) is -0.903. The third kappa shape index (κ3) is 2.69. The minimum Gasteiger partial charge on any atom is -0.462 e. The molecule has 0 atom stereocenters. The normalized spacial score (nSPS) is 9.94. The van der Waals surface area contributed by atoms with Gasteiger partial charge in [0, 0.05) is 11.1 Å². The number of rotatable bonds is 4. The van der Waals surface area contributed by atoms with E-state index in [0.717, 1.165) is 12.1 Å². The molecule has 0 amide bonds. The molecule has 0 aliphatic rings. The SMILES string of the molecule is CCOC(=O)c1cc(C(F)F)cc(C=O)c1C#N. The fourth-order valence-electron chi connectivity index (χ4n) is 1.40. The number of alkyl halides is 2. The highest BCUT2D eigenvalue weighted by Gasteiger charge is 2.20. The fourth-order valence-corrected chi connectivity index (χ4v) is 1.40. The van der Waals surface area contributed by atoms with Crippen LogP contribution in [-0.2, 0) is 4.74 Å². The zero-order valence-electron chi connectivity index (χ0n) is 9.44. The largest absolute Gasteiger partial charge is 0.462 e. The highest BCUT2D eigenvalue weighted by Crippen LogP contribution is 2.24. The van der Waals surface area contributed by atoms with Crippen LogP contribution in [0.25, 0.3) is 0 Å². The smallest absolute Gasteiger partial charge is 0.339 e. The van der Waals surface area contributed by atoms with Gasteiger partial charge in [0.15, 0.2) is 6.29 Å². The van der Waals surface area contributed by atoms with Gasteiger partial charge in [0.2, 0.25) is 0 Å². The molecule has 0 saturated carbocycles. The van der Waals surface area contributed by atoms with E-state index in [-0.39, 0.29) is 29.6 Å². The number of nitrogens with zero attached hydrogens (tertiary/aromatic N) is 1. The Morgan fingerprint density at radius 3 is 2.67 bits per heavy atom. The lowest BCUT2D eigenvalue weighted by Gasteiger charge is -2.08. The van der Waals surface area contributed by atoms with Gasteiger partial charge in [0.25, 0.3) is 6.43 Å². The van der Waals surface area contributed by atoms with Gasteiger partial charge in [-0.3, -0.25) is 4.79 Å². The van der Waals surface area contributed by atoms with Crippen LogP contribution in [0, 0.1) is 11.3 Å². The number of ether oxygens (including phenoxy) is 1. The monoisotopic (exact) mass is 253 g/mol. The molecule has 0 bridgehead atoms. The van der Waals surface area contributed by atoms with E-state index in [9.17, 15) is 18.4 Å². The molecule has 0 radical (unpaired) electrons. The molecular formula is C12H9F2NO3. The van der Waals surface area contributed by atoms with E-state index in [1.54, 1.807) is 13.0 Å². The lowest BCUT2D eigenvalue weighted by Crippen LogP contribution is -2.10. The van der Waals surface area contributed by atoms with Crippen LogP contribution in [-0.4, -0.2) is 18.9 Å². The topological polar surface area (TPSA) is 67.2 Å². The highest BCUT2D eigenvalue weighted by atomic mass is 19.3. The molecule has 0 fully saturated rings. The number of carbonyl (C=O) groups is 2. The molecule has 94 valence electrons. The Balaban J connectivity index is 3.46. The molecule has 0 aliphatic heterocycles. The standard InChI is InChI=1S/C12H9F2NO3/c1-2-18-12(17)9-4-7(11(13)14)3-8(6-16)10(9)5-15/h3-4,6,11H,2H2,1H3. The van der Waals surface area contributed by atoms with Crippen LogP contribution in [0.3, 0.4) is 0 Å². The summed E-state index contributed by atoms with van der Waals surface area (Å²) >= 11 is 0. The Morgan fingerprint density at radius 2 is 2.22 bits per heavy atom. The Labute approximate surface area is 102 Å². The van der Waals surface area contributed by atoms with E-state index in [1.807, 2.05) is 0 Å². The van der Waals surface area contributed by atoms with Crippen molar-refractivity contribution < 1.29 is 23.1 Å². The van der Waals surface area contributed by atoms with E-state index in [0.29, 0.717) is 0 Å². The van der Waals surface area contributed by atoms with Crippen molar-refractivity contribution in [2.24, 2.45) is 0 Å². The summed E-state index contributed by atoms with van der Waals surface area (Å²) in [5, 5.41) is 8.87. The molecule has 0 aromatic heterocycles. The van der Waals surface area contributed by atoms with Gasteiger partial charge in [0.05, 0.1) is 17.7 Å². The van der Waals surface area contributed by atoms with Gasteiger partial charge in [-0.25, -0.2) is 13.6 Å². The number of hydrogen-bond donors (Lipinski definition) is 0. The van der Waals surface area contributed by atoms with Gasteiger partial charge in [-0.2, -0.15) is 5.26 Å². The van der Waals surface area contributed by atoms with Gasteiger partial charge in [0.1, 0.15) is 6.07 Å². The number of hydrogen-bond acceptors (Lipinski definition) is 4. The van der Waals surface area contributed by atoms with Crippen molar-refractivity contribution in [1.29, 1.82) is 5.26 Å². The Kier molecular flexibility index (Phi) is 4.49. The number of esters is 1. The van der Waals surface area contributed by atoms with Crippen LogP contribution < -0.4 is 0 Å². The predicted octanol–water partition coefficient (Wildman–Crippen LogP) is 2.49. The summed E-state index contributed by atoms with van der Waals surface area (Å²) in [6.07, 6.45) is -2.59. The number of halogens is 2. The molecule has 18 heavy (non-hydrogen) atoms. The third-order valence-corrected chi connectivity index (χ3v) is 2.18. The first-order valence-corrected chi connectivity index (χ1v) is 5.03. The van der Waals surface area contributed by atoms with Crippen molar-refractivity contribution in [2.75, 3.05) is 6.61 Å². The molecule has 4 nitrogen and oxygen atoms in total. The van der Waals surface area contributed by atoms with E-state index in [4.69, 9.17) is 5.26 Å². The third-order valence-electron chi connectivity index (χ3n) is 2.18. The van der Waals surface area contributed by atoms with Gasteiger partial charge < -0.3 is 4.74 Å². The number of carbonyl (C=O) groups excluding carboxylic acids is 2. The summed E-state index contributed by atoms with van der Waals surface area (Å²) in [6, 6.07) is 3.40. The second-order valence-corrected chi connectivity index (χ2v) is 3.28. The highest BCUT2D eigenvalue weighted by molar-refractivity contribution is 5.96. The van der Waals surface area contributed by atoms with Crippen LogP contribution >= 0.6 is 0 Å². The Hall–Kier alpha value is -2.29. The molecule has 0 aliphatic carbocycles. The molecule has 0 spiro atoms. The van der Waals surface area contributed by atoms with Gasteiger partial charge in [-0.05, 0) is 19.1 Å². The molecule has 1 aromatic rings. The van der Waals surface area contributed by atoms with Gasteiger partial charge in [-0.1, -0.05) is 0 Å². The van der Waals surface area contributed by atoms with Crippen molar-refractivity contribution in [3.8, 4) is 6.07 Å². The maximum absolute atomic E-state index is 12.6. The number of benzene rings is 1. The second kappa shape index (κ2) is 5.87. The molecule has 0 heterocycles. The summed E-state index contributed by atoms with van der Waals surface area (Å²) in [5.41, 5.74) is -1.33. The zero-order valence-corrected chi connectivity index (χ0v) is 9.44. The predicted molar refractivity (Wildman–Crippen MR) is 57.5 cm³/mol. The summed E-state index contributed by atoms with van der Waals surface area (Å²) in [6.45, 7) is 1.58. The molecular weight excluding hydrogens is 244 g/mol. The lowest BCUT2D eigenvalue weighted by atomic mass is 9.99. The molecule has 0 unspecified atom stereocenters. The fraction of sp³-hybridized carbons (Fsp3) is 0.250. The second-order valence-electron chi connectivity index (χ2n) is 3.28. The Bertz CT molecular complexity index is 521. The molecule has 0 N–H and O–H groups in total. The first-order valence-electron chi connectivity index (χ1n) is 5.03. The van der Waals surface area contributed by atoms with Crippen LogP contribution in [0.15, 0.2) is 12.1 Å². The molecule has 1 rings (SSSR count). The summed E-state index contributed by atoms with van der Waals surface area (Å²) in [7, 11) is 0. The van der Waals surface area contributed by atoms with Crippen LogP contribution in [0.5, 0.6) is 0 Å². The molecule has 0 saturated heterocycles. The van der Waals surface area contributed by atoms with Crippen LogP contribution in [0.4, 0.5) is 8.78 Å². The lowest BCUT2D eigenvalue weighted by molar-refractivity contribution is 0.0525. The minimum atomic E-state index is -2.84. The van der Waals surface area contributed by atoms with Crippen LogP contribution in [0.2, 0.25) is 0 Å². The first-order chi connectivity index (χ1) is 8.54. The van der Waals surface area contributed by atoms with Gasteiger partial charge in [-0.15, -0.1) is 0 Å². The molecule has 6 heteroatoms. The van der Waals surface area contributed by atoms with Crippen molar-refractivity contribution in [2.45, 2.75) is 13.3 Å². The van der Waals surface area contributed by atoms with E-state index >= 15 is 0 Å². The van der Waals surface area contributed by atoms with E-state index in [1.165, 1.54) is 0 Å². The van der Waals surface area contributed by atoms with Gasteiger partial charge >= 0.3 is 5.97 Å². The Morgan fingerprint density at radius 1 is 1.56 bits per heavy atom. The van der Waals surface area contributed by atoms with E-state index < -0.39 is 18.0 Å². The average Bonchev–Trinajstić information content (AvgIpc) is 2.37. The first kappa shape index (κ1) is 13.8. The maximum Gasteiger partial charge on any atom is 0.339 e. The van der Waals surface area contributed by atoms with Crippen LogP contribution in [0.1, 0.15) is 45.2 Å². The summed E-state index contributed by atoms with van der Waals surface area (Å²) in [4.78, 5) is 22.3. The number of nitriles is 1. The minimum absolute atomic E-state index is 0.0407.